The van der Waals surface area contributed by atoms with Gasteiger partial charge in [0.15, 0.2) is 0 Å². The summed E-state index contributed by atoms with van der Waals surface area (Å²) < 4.78 is 42.2. The molecule has 0 fully saturated rings. The molecule has 0 spiro atoms. The van der Waals surface area contributed by atoms with Crippen LogP contribution in [0, 0.1) is 16.1 Å². The van der Waals surface area contributed by atoms with Crippen molar-refractivity contribution in [3.63, 3.8) is 0 Å². The average Bonchev–Trinajstić information content (AvgIpc) is 2.26. The first-order chi connectivity index (χ1) is 7.88. The van der Waals surface area contributed by atoms with Gasteiger partial charge in [-0.25, -0.2) is 13.6 Å². The Morgan fingerprint density at radius 2 is 2.18 bits per heavy atom. The smallest absolute Gasteiger partial charge is 0.376 e. The first-order valence-corrected chi connectivity index (χ1v) is 4.09. The predicted octanol–water partition coefficient (Wildman–Crippen LogP) is 1.85. The van der Waals surface area contributed by atoms with Crippen molar-refractivity contribution in [1.29, 1.82) is 0 Å². The Morgan fingerprint density at radius 3 is 2.59 bits per heavy atom. The van der Waals surface area contributed by atoms with E-state index >= 15 is 0 Å². The van der Waals surface area contributed by atoms with E-state index in [2.05, 4.69) is 9.72 Å². The Morgan fingerprint density at radius 1 is 1.59 bits per heavy atom. The van der Waals surface area contributed by atoms with Crippen LogP contribution in [0.25, 0.3) is 0 Å². The summed E-state index contributed by atoms with van der Waals surface area (Å²) in [6.45, 7) is 0. The molecule has 0 aliphatic heterocycles. The summed E-state index contributed by atoms with van der Waals surface area (Å²) in [5, 5.41) is 10.4. The molecule has 92 valence electrons. The summed E-state index contributed by atoms with van der Waals surface area (Å²) in [7, 11) is 0.877. The fourth-order valence-electron chi connectivity index (χ4n) is 1.14. The van der Waals surface area contributed by atoms with E-state index in [-0.39, 0.29) is 0 Å². The number of pyridine rings is 1. The predicted molar refractivity (Wildman–Crippen MR) is 47.1 cm³/mol. The molecule has 1 rings (SSSR count). The van der Waals surface area contributed by atoms with Crippen LogP contribution in [0.2, 0.25) is 0 Å². The molecule has 1 aromatic heterocycles. The molecule has 0 atom stereocenters. The van der Waals surface area contributed by atoms with Gasteiger partial charge in [-0.05, 0) is 9.91 Å². The standard InChI is InChI=1S/C8H5F3N2O4/c1-17-8(14)3-2-4(9)12-7(13(15)16)5(3)6(10)11/h2,6H,1H3. The molecule has 0 N–H and O–H groups in total. The molecule has 1 aromatic rings. The van der Waals surface area contributed by atoms with Crippen LogP contribution in [0.5, 0.6) is 0 Å². The summed E-state index contributed by atoms with van der Waals surface area (Å²) in [4.78, 5) is 22.9. The van der Waals surface area contributed by atoms with Crippen LogP contribution in [-0.2, 0) is 4.74 Å². The van der Waals surface area contributed by atoms with Gasteiger partial charge in [-0.2, -0.15) is 4.39 Å². The Balaban J connectivity index is 3.57. The van der Waals surface area contributed by atoms with Gasteiger partial charge in [-0.3, -0.25) is 0 Å². The second-order valence-corrected chi connectivity index (χ2v) is 2.78. The largest absolute Gasteiger partial charge is 0.465 e. The minimum Gasteiger partial charge on any atom is -0.465 e. The number of hydrogen-bond acceptors (Lipinski definition) is 5. The van der Waals surface area contributed by atoms with Gasteiger partial charge in [0.25, 0.3) is 6.43 Å². The number of aromatic nitrogens is 1. The third-order valence-corrected chi connectivity index (χ3v) is 1.80. The summed E-state index contributed by atoms with van der Waals surface area (Å²) >= 11 is 0. The third kappa shape index (κ3) is 2.49. The second kappa shape index (κ2) is 4.76. The highest BCUT2D eigenvalue weighted by Crippen LogP contribution is 2.31. The van der Waals surface area contributed by atoms with Crippen molar-refractivity contribution in [2.24, 2.45) is 0 Å². The molecule has 0 saturated carbocycles. The van der Waals surface area contributed by atoms with E-state index < -0.39 is 40.2 Å². The molecule has 9 heteroatoms. The van der Waals surface area contributed by atoms with Gasteiger partial charge in [0.1, 0.15) is 5.56 Å². The summed E-state index contributed by atoms with van der Waals surface area (Å²) in [5.74, 6) is -4.12. The Kier molecular flexibility index (Phi) is 3.61. The van der Waals surface area contributed by atoms with E-state index in [9.17, 15) is 28.1 Å². The van der Waals surface area contributed by atoms with Crippen molar-refractivity contribution in [2.75, 3.05) is 7.11 Å². The topological polar surface area (TPSA) is 82.3 Å². The Bertz CT molecular complexity index is 478. The van der Waals surface area contributed by atoms with E-state index in [1.807, 2.05) is 0 Å². The highest BCUT2D eigenvalue weighted by Gasteiger charge is 2.32. The van der Waals surface area contributed by atoms with Gasteiger partial charge in [-0.1, -0.05) is 0 Å². The van der Waals surface area contributed by atoms with Crippen LogP contribution in [0.15, 0.2) is 6.07 Å². The molecular formula is C8H5F3N2O4. The van der Waals surface area contributed by atoms with Crippen LogP contribution in [0.1, 0.15) is 22.3 Å². The van der Waals surface area contributed by atoms with Crippen molar-refractivity contribution in [3.8, 4) is 0 Å². The van der Waals surface area contributed by atoms with Gasteiger partial charge in [0, 0.05) is 6.07 Å². The van der Waals surface area contributed by atoms with Crippen molar-refractivity contribution in [1.82, 2.24) is 4.98 Å². The van der Waals surface area contributed by atoms with E-state index in [1.165, 1.54) is 0 Å². The van der Waals surface area contributed by atoms with E-state index in [0.29, 0.717) is 6.07 Å². The minimum absolute atomic E-state index is 0.361. The molecule has 0 amide bonds. The molecule has 0 radical (unpaired) electrons. The number of alkyl halides is 2. The molecule has 0 aromatic carbocycles. The maximum atomic E-state index is 12.9. The number of methoxy groups -OCH3 is 1. The highest BCUT2D eigenvalue weighted by atomic mass is 19.3. The molecule has 0 bridgehead atoms. The molecule has 0 unspecified atom stereocenters. The number of esters is 1. The molecule has 0 saturated heterocycles. The minimum atomic E-state index is -3.35. The van der Waals surface area contributed by atoms with E-state index in [4.69, 9.17) is 0 Å². The molecule has 17 heavy (non-hydrogen) atoms. The van der Waals surface area contributed by atoms with Gasteiger partial charge in [0.2, 0.25) is 0 Å². The lowest BCUT2D eigenvalue weighted by atomic mass is 10.1. The highest BCUT2D eigenvalue weighted by molar-refractivity contribution is 5.92. The Labute approximate surface area is 92.2 Å². The number of hydrogen-bond donors (Lipinski definition) is 0. The van der Waals surface area contributed by atoms with Crippen molar-refractivity contribution in [2.45, 2.75) is 6.43 Å². The molecule has 6 nitrogen and oxygen atoms in total. The number of ether oxygens (including phenoxy) is 1. The SMILES string of the molecule is COC(=O)c1cc(F)nc([N+](=O)[O-])c1C(F)F. The number of nitro groups is 1. The first kappa shape index (κ1) is 12.9. The fourth-order valence-corrected chi connectivity index (χ4v) is 1.14. The number of rotatable bonds is 3. The molecular weight excluding hydrogens is 245 g/mol. The maximum absolute atomic E-state index is 12.9. The van der Waals surface area contributed by atoms with Gasteiger partial charge >= 0.3 is 17.7 Å². The fraction of sp³-hybridized carbons (Fsp3) is 0.250. The zero-order valence-electron chi connectivity index (χ0n) is 8.32. The van der Waals surface area contributed by atoms with Crippen LogP contribution < -0.4 is 0 Å². The number of carbonyl (C=O) groups excluding carboxylic acids is 1. The van der Waals surface area contributed by atoms with E-state index in [1.54, 1.807) is 0 Å². The van der Waals surface area contributed by atoms with Gasteiger partial charge < -0.3 is 14.9 Å². The number of nitrogens with zero attached hydrogens (tertiary/aromatic N) is 2. The van der Waals surface area contributed by atoms with Crippen LogP contribution in [-0.4, -0.2) is 23.0 Å². The van der Waals surface area contributed by atoms with Gasteiger partial charge in [-0.15, -0.1) is 0 Å². The normalized spacial score (nSPS) is 10.4. The third-order valence-electron chi connectivity index (χ3n) is 1.80. The van der Waals surface area contributed by atoms with Gasteiger partial charge in [0.05, 0.1) is 12.7 Å². The van der Waals surface area contributed by atoms with Crippen molar-refractivity contribution in [3.05, 3.63) is 33.3 Å². The Hall–Kier alpha value is -2.19. The second-order valence-electron chi connectivity index (χ2n) is 2.78. The number of carbonyl (C=O) groups is 1. The quantitative estimate of drug-likeness (QED) is 0.354. The summed E-state index contributed by atoms with van der Waals surface area (Å²) in [6.07, 6.45) is -3.35. The lowest BCUT2D eigenvalue weighted by Crippen LogP contribution is -2.11. The number of halogens is 3. The first-order valence-electron chi connectivity index (χ1n) is 4.09. The van der Waals surface area contributed by atoms with Crippen molar-refractivity contribution < 1.29 is 27.6 Å². The molecule has 0 aliphatic carbocycles. The van der Waals surface area contributed by atoms with Crippen LogP contribution in [0.4, 0.5) is 19.0 Å². The summed E-state index contributed by atoms with van der Waals surface area (Å²) in [5.41, 5.74) is -2.18. The molecule has 1 heterocycles. The van der Waals surface area contributed by atoms with E-state index in [0.717, 1.165) is 7.11 Å². The average molecular weight is 250 g/mol. The van der Waals surface area contributed by atoms with Crippen LogP contribution in [0.3, 0.4) is 0 Å². The van der Waals surface area contributed by atoms with Crippen molar-refractivity contribution >= 4 is 11.8 Å². The lowest BCUT2D eigenvalue weighted by Gasteiger charge is -2.06. The zero-order valence-corrected chi connectivity index (χ0v) is 8.32. The maximum Gasteiger partial charge on any atom is 0.376 e. The summed E-state index contributed by atoms with van der Waals surface area (Å²) in [6, 6.07) is 0.361. The lowest BCUT2D eigenvalue weighted by molar-refractivity contribution is -0.391. The van der Waals surface area contributed by atoms with Crippen LogP contribution >= 0.6 is 0 Å². The molecule has 0 aliphatic rings. The monoisotopic (exact) mass is 250 g/mol. The zero-order chi connectivity index (χ0) is 13.2.